The fourth-order valence-electron chi connectivity index (χ4n) is 0.949. The lowest BCUT2D eigenvalue weighted by atomic mass is 10.5. The van der Waals surface area contributed by atoms with E-state index in [9.17, 15) is 8.78 Å². The SMILES string of the molecule is CC=C(C)OCC(F)F.CCN(CC)CC. The van der Waals surface area contributed by atoms with Gasteiger partial charge in [0.2, 0.25) is 0 Å². The standard InChI is InChI=1S/C6H10F2O.C6H15N/c1-3-5(2)9-4-6(7)8;1-4-7(5-2)6-3/h3,6H,4H2,1-2H3;4-6H2,1-3H3. The molecule has 0 aliphatic rings. The molecule has 2 nitrogen and oxygen atoms in total. The molecular weight excluding hydrogens is 212 g/mol. The number of halogens is 2. The topological polar surface area (TPSA) is 12.5 Å². The van der Waals surface area contributed by atoms with Gasteiger partial charge in [0.05, 0.1) is 5.76 Å². The van der Waals surface area contributed by atoms with Crippen LogP contribution < -0.4 is 0 Å². The summed E-state index contributed by atoms with van der Waals surface area (Å²) < 4.78 is 27.3. The molecule has 0 amide bonds. The molecule has 0 rings (SSSR count). The van der Waals surface area contributed by atoms with Crippen molar-refractivity contribution in [1.82, 2.24) is 4.90 Å². The molecule has 0 N–H and O–H groups in total. The van der Waals surface area contributed by atoms with E-state index >= 15 is 0 Å². The van der Waals surface area contributed by atoms with Crippen LogP contribution >= 0.6 is 0 Å². The van der Waals surface area contributed by atoms with Crippen LogP contribution in [0.4, 0.5) is 8.78 Å². The molecule has 16 heavy (non-hydrogen) atoms. The lowest BCUT2D eigenvalue weighted by molar-refractivity contribution is 0.0492. The highest BCUT2D eigenvalue weighted by Gasteiger charge is 2.00. The van der Waals surface area contributed by atoms with Crippen LogP contribution in [-0.2, 0) is 4.74 Å². The Balaban J connectivity index is 0. The summed E-state index contributed by atoms with van der Waals surface area (Å²) in [5.41, 5.74) is 0. The van der Waals surface area contributed by atoms with Gasteiger partial charge in [-0.25, -0.2) is 8.78 Å². The summed E-state index contributed by atoms with van der Waals surface area (Å²) in [5.74, 6) is 0.537. The molecule has 0 saturated heterocycles. The Morgan fingerprint density at radius 1 is 1.19 bits per heavy atom. The Labute approximate surface area is 98.3 Å². The molecule has 0 radical (unpaired) electrons. The minimum absolute atomic E-state index is 0.504. The summed E-state index contributed by atoms with van der Waals surface area (Å²) in [5, 5.41) is 0. The van der Waals surface area contributed by atoms with E-state index in [0.29, 0.717) is 5.76 Å². The van der Waals surface area contributed by atoms with Crippen molar-refractivity contribution < 1.29 is 13.5 Å². The number of allylic oxidation sites excluding steroid dienone is 2. The van der Waals surface area contributed by atoms with Crippen molar-refractivity contribution in [2.45, 2.75) is 41.0 Å². The largest absolute Gasteiger partial charge is 0.493 e. The first-order valence-corrected chi connectivity index (χ1v) is 5.77. The van der Waals surface area contributed by atoms with Gasteiger partial charge in [-0.2, -0.15) is 0 Å². The van der Waals surface area contributed by atoms with E-state index in [2.05, 4.69) is 30.4 Å². The Morgan fingerprint density at radius 2 is 1.62 bits per heavy atom. The van der Waals surface area contributed by atoms with Gasteiger partial charge in [-0.05, 0) is 33.5 Å². The van der Waals surface area contributed by atoms with Gasteiger partial charge in [0, 0.05) is 0 Å². The number of rotatable bonds is 6. The lowest BCUT2D eigenvalue weighted by Crippen LogP contribution is -2.21. The third kappa shape index (κ3) is 13.4. The molecule has 0 aliphatic carbocycles. The molecule has 0 unspecified atom stereocenters. The summed E-state index contributed by atoms with van der Waals surface area (Å²) in [6.45, 7) is 13.0. The maximum absolute atomic E-state index is 11.4. The predicted octanol–water partition coefficient (Wildman–Crippen LogP) is 3.54. The summed E-state index contributed by atoms with van der Waals surface area (Å²) in [6, 6.07) is 0. The first kappa shape index (κ1) is 17.7. The molecular formula is C12H25F2NO. The van der Waals surface area contributed by atoms with Gasteiger partial charge in [0.1, 0.15) is 6.61 Å². The van der Waals surface area contributed by atoms with Crippen LogP contribution in [0.2, 0.25) is 0 Å². The molecule has 0 aromatic carbocycles. The average molecular weight is 237 g/mol. The molecule has 0 spiro atoms. The Hall–Kier alpha value is -0.640. The van der Waals surface area contributed by atoms with Crippen molar-refractivity contribution >= 4 is 0 Å². The molecule has 0 saturated carbocycles. The van der Waals surface area contributed by atoms with Gasteiger partial charge >= 0.3 is 0 Å². The summed E-state index contributed by atoms with van der Waals surface area (Å²) in [4.78, 5) is 2.38. The van der Waals surface area contributed by atoms with Crippen LogP contribution in [0.25, 0.3) is 0 Å². The van der Waals surface area contributed by atoms with Gasteiger partial charge in [-0.1, -0.05) is 26.8 Å². The molecule has 0 heterocycles. The maximum atomic E-state index is 11.4. The molecule has 0 aromatic rings. The van der Waals surface area contributed by atoms with E-state index in [-0.39, 0.29) is 0 Å². The minimum atomic E-state index is -2.38. The van der Waals surface area contributed by atoms with E-state index in [4.69, 9.17) is 0 Å². The Morgan fingerprint density at radius 3 is 1.81 bits per heavy atom. The Bertz CT molecular complexity index is 163. The van der Waals surface area contributed by atoms with E-state index in [0.717, 1.165) is 0 Å². The van der Waals surface area contributed by atoms with E-state index < -0.39 is 13.0 Å². The van der Waals surface area contributed by atoms with Crippen molar-refractivity contribution in [1.29, 1.82) is 0 Å². The molecule has 0 fully saturated rings. The van der Waals surface area contributed by atoms with Crippen molar-refractivity contribution in [2.75, 3.05) is 26.2 Å². The zero-order chi connectivity index (χ0) is 13.0. The molecule has 4 heteroatoms. The van der Waals surface area contributed by atoms with Crippen LogP contribution in [-0.4, -0.2) is 37.6 Å². The number of hydrogen-bond acceptors (Lipinski definition) is 2. The molecule has 0 aliphatic heterocycles. The monoisotopic (exact) mass is 237 g/mol. The maximum Gasteiger partial charge on any atom is 0.272 e. The van der Waals surface area contributed by atoms with Crippen LogP contribution in [0.3, 0.4) is 0 Å². The highest BCUT2D eigenvalue weighted by Crippen LogP contribution is 1.99. The fourth-order valence-corrected chi connectivity index (χ4v) is 0.949. The smallest absolute Gasteiger partial charge is 0.272 e. The van der Waals surface area contributed by atoms with Crippen molar-refractivity contribution in [3.63, 3.8) is 0 Å². The van der Waals surface area contributed by atoms with Crippen LogP contribution in [0.1, 0.15) is 34.6 Å². The number of ether oxygens (including phenoxy) is 1. The van der Waals surface area contributed by atoms with E-state index in [1.807, 2.05) is 0 Å². The van der Waals surface area contributed by atoms with Crippen molar-refractivity contribution in [3.05, 3.63) is 11.8 Å². The van der Waals surface area contributed by atoms with Gasteiger partial charge < -0.3 is 9.64 Å². The summed E-state index contributed by atoms with van der Waals surface area (Å²) >= 11 is 0. The third-order valence-electron chi connectivity index (χ3n) is 2.19. The normalized spacial score (nSPS) is 11.4. The van der Waals surface area contributed by atoms with Gasteiger partial charge in [0.15, 0.2) is 0 Å². The van der Waals surface area contributed by atoms with Crippen molar-refractivity contribution in [2.24, 2.45) is 0 Å². The van der Waals surface area contributed by atoms with Gasteiger partial charge in [0.25, 0.3) is 6.43 Å². The highest BCUT2D eigenvalue weighted by molar-refractivity contribution is 4.83. The predicted molar refractivity (Wildman–Crippen MR) is 64.8 cm³/mol. The Kier molecular flexibility index (Phi) is 13.8. The van der Waals surface area contributed by atoms with Gasteiger partial charge in [-0.15, -0.1) is 0 Å². The fraction of sp³-hybridized carbons (Fsp3) is 0.833. The molecule has 0 aromatic heterocycles. The van der Waals surface area contributed by atoms with Gasteiger partial charge in [-0.3, -0.25) is 0 Å². The summed E-state index contributed by atoms with van der Waals surface area (Å²) in [7, 11) is 0. The van der Waals surface area contributed by atoms with E-state index in [1.165, 1.54) is 19.6 Å². The number of hydrogen-bond donors (Lipinski definition) is 0. The van der Waals surface area contributed by atoms with Crippen LogP contribution in [0, 0.1) is 0 Å². The summed E-state index contributed by atoms with van der Waals surface area (Å²) in [6.07, 6.45) is -0.734. The third-order valence-corrected chi connectivity index (χ3v) is 2.19. The second kappa shape index (κ2) is 12.4. The second-order valence-electron chi connectivity index (χ2n) is 3.22. The van der Waals surface area contributed by atoms with Crippen LogP contribution in [0.15, 0.2) is 11.8 Å². The average Bonchev–Trinajstić information content (AvgIpc) is 2.29. The first-order valence-electron chi connectivity index (χ1n) is 5.77. The molecule has 0 bridgehead atoms. The zero-order valence-electron chi connectivity index (χ0n) is 11.1. The molecule has 0 atom stereocenters. The second-order valence-corrected chi connectivity index (χ2v) is 3.22. The minimum Gasteiger partial charge on any atom is -0.493 e. The quantitative estimate of drug-likeness (QED) is 0.655. The van der Waals surface area contributed by atoms with Crippen molar-refractivity contribution in [3.8, 4) is 0 Å². The number of alkyl halides is 2. The van der Waals surface area contributed by atoms with E-state index in [1.54, 1.807) is 19.9 Å². The zero-order valence-corrected chi connectivity index (χ0v) is 11.1. The lowest BCUT2D eigenvalue weighted by Gasteiger charge is -2.13. The van der Waals surface area contributed by atoms with Crippen LogP contribution in [0.5, 0.6) is 0 Å². The number of nitrogens with zero attached hydrogens (tertiary/aromatic N) is 1. The first-order chi connectivity index (χ1) is 7.51. The highest BCUT2D eigenvalue weighted by atomic mass is 19.3. The molecule has 98 valence electrons.